The van der Waals surface area contributed by atoms with E-state index in [1.807, 2.05) is 0 Å². The van der Waals surface area contributed by atoms with Crippen LogP contribution >= 0.6 is 15.9 Å². The Balaban J connectivity index is 2.61. The van der Waals surface area contributed by atoms with Crippen molar-refractivity contribution in [2.24, 2.45) is 0 Å². The molecule has 0 N–H and O–H groups in total. The quantitative estimate of drug-likeness (QED) is 0.738. The van der Waals surface area contributed by atoms with Crippen LogP contribution in [0, 0.1) is 0 Å². The third-order valence-corrected chi connectivity index (χ3v) is 3.48. The van der Waals surface area contributed by atoms with Crippen molar-refractivity contribution in [2.45, 2.75) is 6.18 Å². The number of halogens is 4. The van der Waals surface area contributed by atoms with Gasteiger partial charge in [0, 0.05) is 6.20 Å². The van der Waals surface area contributed by atoms with Crippen molar-refractivity contribution in [2.75, 3.05) is 0 Å². The molecule has 2 aromatic rings. The van der Waals surface area contributed by atoms with Gasteiger partial charge in [-0.15, -0.1) is 0 Å². The molecule has 19 heavy (non-hydrogen) atoms. The molecule has 0 aliphatic rings. The third-order valence-electron chi connectivity index (χ3n) is 2.51. The molecule has 0 bridgehead atoms. The Labute approximate surface area is 115 Å². The normalized spacial score (nSPS) is 11.6. The summed E-state index contributed by atoms with van der Waals surface area (Å²) in [6.07, 6.45) is -3.05. The van der Waals surface area contributed by atoms with E-state index in [0.717, 1.165) is 16.8 Å². The van der Waals surface area contributed by atoms with Crippen molar-refractivity contribution in [3.05, 3.63) is 50.9 Å². The van der Waals surface area contributed by atoms with Crippen LogP contribution in [0.2, 0.25) is 0 Å². The Kier molecular flexibility index (Phi) is 3.53. The zero-order valence-electron chi connectivity index (χ0n) is 9.70. The molecule has 0 saturated heterocycles. The van der Waals surface area contributed by atoms with E-state index < -0.39 is 17.3 Å². The molecule has 3 nitrogen and oxygen atoms in total. The standard InChI is InChI=1S/C11H7BBrF3N2O/c12-8-5-17-18(10(19)9(8)13)7-3-1-2-6(4-7)11(14,15)16/h1-5H,12H2. The van der Waals surface area contributed by atoms with Crippen molar-refractivity contribution in [3.8, 4) is 5.69 Å². The highest BCUT2D eigenvalue weighted by atomic mass is 79.9. The van der Waals surface area contributed by atoms with Gasteiger partial charge in [0.2, 0.25) is 0 Å². The second-order valence-corrected chi connectivity index (χ2v) is 4.70. The van der Waals surface area contributed by atoms with Gasteiger partial charge in [-0.3, -0.25) is 4.79 Å². The monoisotopic (exact) mass is 330 g/mol. The van der Waals surface area contributed by atoms with Crippen molar-refractivity contribution < 1.29 is 13.2 Å². The number of hydrogen-bond acceptors (Lipinski definition) is 2. The van der Waals surface area contributed by atoms with Crippen LogP contribution < -0.4 is 11.0 Å². The second kappa shape index (κ2) is 4.84. The molecule has 0 atom stereocenters. The third kappa shape index (κ3) is 2.73. The van der Waals surface area contributed by atoms with E-state index in [9.17, 15) is 18.0 Å². The fourth-order valence-corrected chi connectivity index (χ4v) is 1.78. The zero-order valence-corrected chi connectivity index (χ0v) is 11.3. The first-order chi connectivity index (χ1) is 8.80. The highest BCUT2D eigenvalue weighted by molar-refractivity contribution is 9.10. The molecule has 0 unspecified atom stereocenters. The molecule has 0 amide bonds. The highest BCUT2D eigenvalue weighted by Crippen LogP contribution is 2.29. The summed E-state index contributed by atoms with van der Waals surface area (Å²) in [5, 5.41) is 3.84. The molecule has 1 aromatic carbocycles. The number of aromatic nitrogens is 2. The minimum atomic E-state index is -4.46. The minimum Gasteiger partial charge on any atom is -0.266 e. The van der Waals surface area contributed by atoms with Gasteiger partial charge in [-0.25, -0.2) is 0 Å². The van der Waals surface area contributed by atoms with E-state index in [1.165, 1.54) is 18.3 Å². The molecule has 2 rings (SSSR count). The fourth-order valence-electron chi connectivity index (χ4n) is 1.51. The molecule has 1 heterocycles. The Bertz CT molecular complexity index is 684. The number of nitrogens with zero attached hydrogens (tertiary/aromatic N) is 2. The average Bonchev–Trinajstić information content (AvgIpc) is 2.35. The lowest BCUT2D eigenvalue weighted by Gasteiger charge is -2.10. The molecule has 98 valence electrons. The van der Waals surface area contributed by atoms with Crippen LogP contribution in [-0.2, 0) is 6.18 Å². The van der Waals surface area contributed by atoms with Crippen molar-refractivity contribution >= 4 is 29.2 Å². The van der Waals surface area contributed by atoms with E-state index in [-0.39, 0.29) is 10.2 Å². The molecular weight excluding hydrogens is 324 g/mol. The molecule has 8 heteroatoms. The first-order valence-electron chi connectivity index (χ1n) is 5.23. The summed E-state index contributed by atoms with van der Waals surface area (Å²) in [5.41, 5.74) is -0.636. The van der Waals surface area contributed by atoms with Crippen LogP contribution in [0.25, 0.3) is 5.69 Å². The number of rotatable bonds is 1. The maximum atomic E-state index is 12.6. The van der Waals surface area contributed by atoms with E-state index in [0.29, 0.717) is 5.46 Å². The van der Waals surface area contributed by atoms with E-state index >= 15 is 0 Å². The predicted octanol–water partition coefficient (Wildman–Crippen LogP) is 1.27. The van der Waals surface area contributed by atoms with Crippen LogP contribution in [0.5, 0.6) is 0 Å². The summed E-state index contributed by atoms with van der Waals surface area (Å²) >= 11 is 3.09. The Morgan fingerprint density at radius 2 is 2.00 bits per heavy atom. The van der Waals surface area contributed by atoms with Crippen LogP contribution in [0.4, 0.5) is 13.2 Å². The highest BCUT2D eigenvalue weighted by Gasteiger charge is 2.30. The van der Waals surface area contributed by atoms with Crippen LogP contribution in [-0.4, -0.2) is 17.6 Å². The summed E-state index contributed by atoms with van der Waals surface area (Å²) in [7, 11) is 1.68. The van der Waals surface area contributed by atoms with Gasteiger partial charge in [-0.05, 0) is 39.6 Å². The summed E-state index contributed by atoms with van der Waals surface area (Å²) in [6, 6.07) is 4.46. The summed E-state index contributed by atoms with van der Waals surface area (Å²) in [6.45, 7) is 0. The Morgan fingerprint density at radius 1 is 1.32 bits per heavy atom. The molecule has 0 fully saturated rings. The summed E-state index contributed by atoms with van der Waals surface area (Å²) in [5.74, 6) is 0. The second-order valence-electron chi connectivity index (χ2n) is 3.91. The van der Waals surface area contributed by atoms with E-state index in [4.69, 9.17) is 0 Å². The lowest BCUT2D eigenvalue weighted by molar-refractivity contribution is -0.137. The van der Waals surface area contributed by atoms with E-state index in [2.05, 4.69) is 21.0 Å². The Morgan fingerprint density at radius 3 is 2.63 bits per heavy atom. The van der Waals surface area contributed by atoms with Gasteiger partial charge >= 0.3 is 6.18 Å². The van der Waals surface area contributed by atoms with Crippen LogP contribution in [0.3, 0.4) is 0 Å². The fraction of sp³-hybridized carbons (Fsp3) is 0.0909. The van der Waals surface area contributed by atoms with Crippen molar-refractivity contribution in [1.82, 2.24) is 9.78 Å². The topological polar surface area (TPSA) is 34.9 Å². The van der Waals surface area contributed by atoms with Gasteiger partial charge < -0.3 is 0 Å². The number of benzene rings is 1. The lowest BCUT2D eigenvalue weighted by atomic mass is 10.00. The van der Waals surface area contributed by atoms with Gasteiger partial charge in [-0.1, -0.05) is 6.07 Å². The van der Waals surface area contributed by atoms with Crippen molar-refractivity contribution in [3.63, 3.8) is 0 Å². The molecule has 0 spiro atoms. The van der Waals surface area contributed by atoms with Crippen LogP contribution in [0.1, 0.15) is 5.56 Å². The first-order valence-corrected chi connectivity index (χ1v) is 6.02. The molecule has 0 aliphatic heterocycles. The number of hydrogen-bond donors (Lipinski definition) is 0. The van der Waals surface area contributed by atoms with Gasteiger partial charge in [0.25, 0.3) is 5.56 Å². The number of alkyl halides is 3. The molecule has 0 aliphatic carbocycles. The summed E-state index contributed by atoms with van der Waals surface area (Å²) in [4.78, 5) is 11.9. The van der Waals surface area contributed by atoms with E-state index in [1.54, 1.807) is 7.85 Å². The van der Waals surface area contributed by atoms with Gasteiger partial charge in [0.05, 0.1) is 15.7 Å². The van der Waals surface area contributed by atoms with Crippen LogP contribution in [0.15, 0.2) is 39.7 Å². The molecule has 0 saturated carbocycles. The summed E-state index contributed by atoms with van der Waals surface area (Å²) < 4.78 is 39.0. The van der Waals surface area contributed by atoms with Gasteiger partial charge in [0.1, 0.15) is 7.85 Å². The Hall–Kier alpha value is -1.57. The van der Waals surface area contributed by atoms with Gasteiger partial charge in [-0.2, -0.15) is 23.0 Å². The maximum absolute atomic E-state index is 12.6. The SMILES string of the molecule is Bc1cnn(-c2cccc(C(F)(F)F)c2)c(=O)c1Br. The zero-order chi connectivity index (χ0) is 14.2. The smallest absolute Gasteiger partial charge is 0.266 e. The van der Waals surface area contributed by atoms with Gasteiger partial charge in [0.15, 0.2) is 0 Å². The average molecular weight is 331 g/mol. The maximum Gasteiger partial charge on any atom is 0.416 e. The molecule has 1 aromatic heterocycles. The lowest BCUT2D eigenvalue weighted by Crippen LogP contribution is -2.28. The molecular formula is C11H7BBrF3N2O. The first kappa shape index (κ1) is 13.9. The molecule has 0 radical (unpaired) electrons. The predicted molar refractivity (Wildman–Crippen MR) is 70.7 cm³/mol. The largest absolute Gasteiger partial charge is 0.416 e. The minimum absolute atomic E-state index is 0.0699. The van der Waals surface area contributed by atoms with Crippen molar-refractivity contribution in [1.29, 1.82) is 0 Å².